The van der Waals surface area contributed by atoms with Crippen LogP contribution in [-0.4, -0.2) is 42.7 Å². The van der Waals surface area contributed by atoms with Crippen molar-refractivity contribution in [3.05, 3.63) is 59.7 Å². The Bertz CT molecular complexity index is 752. The van der Waals surface area contributed by atoms with Crippen molar-refractivity contribution in [2.45, 2.75) is 25.8 Å². The molecular weight excluding hydrogens is 453 g/mol. The van der Waals surface area contributed by atoms with Crippen LogP contribution in [0.15, 0.2) is 53.5 Å². The van der Waals surface area contributed by atoms with Gasteiger partial charge in [-0.3, -0.25) is 0 Å². The summed E-state index contributed by atoms with van der Waals surface area (Å²) in [6.07, 6.45) is 1.12. The number of halogens is 1. The monoisotopic (exact) mass is 481 g/mol. The van der Waals surface area contributed by atoms with E-state index < -0.39 is 0 Å². The van der Waals surface area contributed by atoms with Crippen molar-refractivity contribution in [2.24, 2.45) is 4.99 Å². The number of nitrogens with one attached hydrogen (secondary N) is 1. The Balaban J connectivity index is 0.00000261. The molecule has 0 bridgehead atoms. The van der Waals surface area contributed by atoms with Gasteiger partial charge in [0.25, 0.3) is 0 Å². The third-order valence-corrected chi connectivity index (χ3v) is 4.80. The van der Waals surface area contributed by atoms with Crippen LogP contribution in [0.4, 0.5) is 0 Å². The number of methoxy groups -OCH3 is 1. The maximum atomic E-state index is 10.3. The van der Waals surface area contributed by atoms with E-state index >= 15 is 0 Å². The molecule has 1 saturated heterocycles. The fourth-order valence-corrected chi connectivity index (χ4v) is 3.40. The Morgan fingerprint density at radius 1 is 1.22 bits per heavy atom. The summed E-state index contributed by atoms with van der Waals surface area (Å²) < 4.78 is 5.18. The number of aromatic hydroxyl groups is 1. The van der Waals surface area contributed by atoms with Crippen molar-refractivity contribution >= 4 is 29.9 Å². The molecule has 1 atom stereocenters. The zero-order chi connectivity index (χ0) is 18.4. The van der Waals surface area contributed by atoms with Crippen LogP contribution in [0.3, 0.4) is 0 Å². The number of ether oxygens (including phenoxy) is 1. The van der Waals surface area contributed by atoms with Crippen LogP contribution < -0.4 is 10.1 Å². The Hall–Kier alpha value is -1.96. The number of likely N-dealkylation sites (tertiary alicyclic amines) is 1. The smallest absolute Gasteiger partial charge is 0.194 e. The predicted molar refractivity (Wildman–Crippen MR) is 120 cm³/mol. The molecular formula is C21H28IN3O2. The molecule has 3 rings (SSSR count). The predicted octanol–water partition coefficient (Wildman–Crippen LogP) is 3.97. The van der Waals surface area contributed by atoms with Crippen LogP contribution in [0.5, 0.6) is 11.5 Å². The minimum absolute atomic E-state index is 0. The van der Waals surface area contributed by atoms with E-state index in [1.54, 1.807) is 13.2 Å². The van der Waals surface area contributed by atoms with Gasteiger partial charge < -0.3 is 20.1 Å². The van der Waals surface area contributed by atoms with Gasteiger partial charge >= 0.3 is 0 Å². The van der Waals surface area contributed by atoms with Crippen molar-refractivity contribution in [1.29, 1.82) is 0 Å². The van der Waals surface area contributed by atoms with E-state index in [4.69, 9.17) is 9.73 Å². The summed E-state index contributed by atoms with van der Waals surface area (Å²) in [6.45, 7) is 5.24. The average Bonchev–Trinajstić information content (AvgIpc) is 3.17. The molecule has 0 aromatic heterocycles. The summed E-state index contributed by atoms with van der Waals surface area (Å²) in [5.74, 6) is 2.07. The molecule has 1 fully saturated rings. The SMILES string of the molecule is CCNC(=NCc1cccc(OC)c1O)N1CCC(c2ccccc2)C1.I. The zero-order valence-corrected chi connectivity index (χ0v) is 18.2. The summed E-state index contributed by atoms with van der Waals surface area (Å²) in [7, 11) is 1.56. The molecule has 0 aliphatic carbocycles. The van der Waals surface area contributed by atoms with Crippen LogP contribution in [0.1, 0.15) is 30.4 Å². The van der Waals surface area contributed by atoms with E-state index in [9.17, 15) is 5.11 Å². The lowest BCUT2D eigenvalue weighted by Crippen LogP contribution is -2.40. The fraction of sp³-hybridized carbons (Fsp3) is 0.381. The number of phenolic OH excluding ortho intramolecular Hbond substituents is 1. The summed E-state index contributed by atoms with van der Waals surface area (Å²) in [5, 5.41) is 13.6. The number of benzene rings is 2. The van der Waals surface area contributed by atoms with Gasteiger partial charge in [0.1, 0.15) is 0 Å². The van der Waals surface area contributed by atoms with E-state index in [2.05, 4.69) is 47.5 Å². The molecule has 6 heteroatoms. The molecule has 1 heterocycles. The Morgan fingerprint density at radius 3 is 2.70 bits per heavy atom. The molecule has 0 spiro atoms. The number of hydrogen-bond acceptors (Lipinski definition) is 3. The first-order valence-corrected chi connectivity index (χ1v) is 9.16. The minimum Gasteiger partial charge on any atom is -0.504 e. The van der Waals surface area contributed by atoms with E-state index in [1.165, 1.54) is 5.56 Å². The van der Waals surface area contributed by atoms with E-state index in [0.717, 1.165) is 37.6 Å². The molecule has 5 nitrogen and oxygen atoms in total. The van der Waals surface area contributed by atoms with E-state index in [-0.39, 0.29) is 29.7 Å². The molecule has 27 heavy (non-hydrogen) atoms. The molecule has 0 saturated carbocycles. The molecule has 0 amide bonds. The quantitative estimate of drug-likeness (QED) is 0.386. The average molecular weight is 481 g/mol. The second-order valence-corrected chi connectivity index (χ2v) is 6.48. The molecule has 1 aliphatic heterocycles. The summed E-state index contributed by atoms with van der Waals surface area (Å²) in [6, 6.07) is 16.2. The highest BCUT2D eigenvalue weighted by atomic mass is 127. The van der Waals surface area contributed by atoms with Crippen molar-refractivity contribution < 1.29 is 9.84 Å². The maximum Gasteiger partial charge on any atom is 0.194 e. The molecule has 2 aromatic carbocycles. The van der Waals surface area contributed by atoms with Crippen molar-refractivity contribution in [1.82, 2.24) is 10.2 Å². The second-order valence-electron chi connectivity index (χ2n) is 6.48. The van der Waals surface area contributed by atoms with Gasteiger partial charge in [-0.05, 0) is 25.0 Å². The van der Waals surface area contributed by atoms with Gasteiger partial charge in [-0.1, -0.05) is 42.5 Å². The van der Waals surface area contributed by atoms with Gasteiger partial charge in [0.2, 0.25) is 0 Å². The zero-order valence-electron chi connectivity index (χ0n) is 15.9. The lowest BCUT2D eigenvalue weighted by molar-refractivity contribution is 0.370. The molecule has 1 aliphatic rings. The summed E-state index contributed by atoms with van der Waals surface area (Å²) in [5.41, 5.74) is 2.15. The summed E-state index contributed by atoms with van der Waals surface area (Å²) >= 11 is 0. The number of nitrogens with zero attached hydrogens (tertiary/aromatic N) is 2. The van der Waals surface area contributed by atoms with Gasteiger partial charge in [-0.25, -0.2) is 4.99 Å². The Morgan fingerprint density at radius 2 is 2.00 bits per heavy atom. The standard InChI is InChI=1S/C21H27N3O2.HI/c1-3-22-21(23-14-17-10-7-11-19(26-2)20(17)25)24-13-12-18(15-24)16-8-5-4-6-9-16;/h4-11,18,25H,3,12-15H2,1-2H3,(H,22,23);1H. The number of hydrogen-bond donors (Lipinski definition) is 2. The van der Waals surface area contributed by atoms with E-state index in [1.807, 2.05) is 12.1 Å². The van der Waals surface area contributed by atoms with Crippen LogP contribution in [0.2, 0.25) is 0 Å². The molecule has 0 radical (unpaired) electrons. The first kappa shape index (κ1) is 21.3. The van der Waals surface area contributed by atoms with Crippen molar-refractivity contribution in [3.8, 4) is 11.5 Å². The Labute approximate surface area is 178 Å². The topological polar surface area (TPSA) is 57.1 Å². The van der Waals surface area contributed by atoms with Crippen LogP contribution in [0, 0.1) is 0 Å². The summed E-state index contributed by atoms with van der Waals surface area (Å²) in [4.78, 5) is 7.05. The highest BCUT2D eigenvalue weighted by Crippen LogP contribution is 2.30. The maximum absolute atomic E-state index is 10.3. The second kappa shape index (κ2) is 10.4. The van der Waals surface area contributed by atoms with Gasteiger partial charge in [0.15, 0.2) is 17.5 Å². The van der Waals surface area contributed by atoms with Gasteiger partial charge in [-0.15, -0.1) is 24.0 Å². The number of aliphatic imine (C=N–C) groups is 1. The van der Waals surface area contributed by atoms with Gasteiger partial charge in [0.05, 0.1) is 13.7 Å². The molecule has 2 aromatic rings. The van der Waals surface area contributed by atoms with Crippen molar-refractivity contribution in [2.75, 3.05) is 26.7 Å². The molecule has 2 N–H and O–H groups in total. The van der Waals surface area contributed by atoms with Crippen molar-refractivity contribution in [3.63, 3.8) is 0 Å². The van der Waals surface area contributed by atoms with Gasteiger partial charge in [-0.2, -0.15) is 0 Å². The highest BCUT2D eigenvalue weighted by Gasteiger charge is 2.25. The number of para-hydroxylation sites is 1. The minimum atomic E-state index is 0. The fourth-order valence-electron chi connectivity index (χ4n) is 3.40. The van der Waals surface area contributed by atoms with Crippen LogP contribution in [0.25, 0.3) is 0 Å². The number of rotatable bonds is 5. The largest absolute Gasteiger partial charge is 0.504 e. The van der Waals surface area contributed by atoms with Crippen LogP contribution in [-0.2, 0) is 6.54 Å². The lowest BCUT2D eigenvalue weighted by atomic mass is 9.99. The van der Waals surface area contributed by atoms with E-state index in [0.29, 0.717) is 18.2 Å². The molecule has 1 unspecified atom stereocenters. The third kappa shape index (κ3) is 5.28. The van der Waals surface area contributed by atoms with Crippen LogP contribution >= 0.6 is 24.0 Å². The number of phenols is 1. The lowest BCUT2D eigenvalue weighted by Gasteiger charge is -2.22. The highest BCUT2D eigenvalue weighted by molar-refractivity contribution is 14.0. The normalized spacial score (nSPS) is 16.7. The third-order valence-electron chi connectivity index (χ3n) is 4.80. The Kier molecular flexibility index (Phi) is 8.22. The first-order valence-electron chi connectivity index (χ1n) is 9.16. The first-order chi connectivity index (χ1) is 12.7. The molecule has 146 valence electrons. The number of guanidine groups is 1. The van der Waals surface area contributed by atoms with Gasteiger partial charge in [0, 0.05) is 31.1 Å².